The van der Waals surface area contributed by atoms with Gasteiger partial charge in [0.05, 0.1) is 18.5 Å². The number of oxazole rings is 1. The molecule has 1 heterocycles. The molecule has 6 nitrogen and oxygen atoms in total. The van der Waals surface area contributed by atoms with E-state index in [0.29, 0.717) is 17.7 Å². The highest BCUT2D eigenvalue weighted by Gasteiger charge is 2.35. The zero-order valence-corrected chi connectivity index (χ0v) is 13.8. The second-order valence-electron chi connectivity index (χ2n) is 5.84. The van der Waals surface area contributed by atoms with E-state index in [1.807, 2.05) is 0 Å². The first-order valence-electron chi connectivity index (χ1n) is 7.51. The second-order valence-corrected chi connectivity index (χ2v) is 6.21. The smallest absolute Gasteiger partial charge is 0.310 e. The number of nitrogens with zero attached hydrogens (tertiary/aromatic N) is 1. The SMILES string of the molecule is COC(=O)[C@@H](C)CN(C(=O)c1ccc2[nH]c(=S)oc2c1)C1CC1. The third-order valence-corrected chi connectivity index (χ3v) is 4.18. The Bertz CT molecular complexity index is 806. The highest BCUT2D eigenvalue weighted by atomic mass is 32.1. The third-order valence-electron chi connectivity index (χ3n) is 3.99. The van der Waals surface area contributed by atoms with Crippen molar-refractivity contribution in [3.05, 3.63) is 28.6 Å². The van der Waals surface area contributed by atoms with Crippen LogP contribution in [-0.4, -0.2) is 41.5 Å². The number of methoxy groups -OCH3 is 1. The van der Waals surface area contributed by atoms with E-state index in [1.165, 1.54) is 7.11 Å². The van der Waals surface area contributed by atoms with E-state index < -0.39 is 0 Å². The fraction of sp³-hybridized carbons (Fsp3) is 0.438. The summed E-state index contributed by atoms with van der Waals surface area (Å²) in [7, 11) is 1.36. The van der Waals surface area contributed by atoms with Gasteiger partial charge in [-0.2, -0.15) is 0 Å². The van der Waals surface area contributed by atoms with Crippen molar-refractivity contribution in [3.8, 4) is 0 Å². The molecule has 122 valence electrons. The van der Waals surface area contributed by atoms with Crippen LogP contribution >= 0.6 is 12.2 Å². The Hall–Kier alpha value is -2.15. The van der Waals surface area contributed by atoms with Crippen molar-refractivity contribution >= 4 is 35.2 Å². The summed E-state index contributed by atoms with van der Waals surface area (Å²) in [5.41, 5.74) is 1.84. The number of nitrogens with one attached hydrogen (secondary N) is 1. The number of fused-ring (bicyclic) bond motifs is 1. The Morgan fingerprint density at radius 3 is 2.87 bits per heavy atom. The first-order valence-corrected chi connectivity index (χ1v) is 7.92. The Balaban J connectivity index is 1.84. The van der Waals surface area contributed by atoms with Crippen LogP contribution in [0.2, 0.25) is 0 Å². The molecule has 0 unspecified atom stereocenters. The summed E-state index contributed by atoms with van der Waals surface area (Å²) in [6.07, 6.45) is 1.93. The van der Waals surface area contributed by atoms with Crippen molar-refractivity contribution < 1.29 is 18.7 Å². The van der Waals surface area contributed by atoms with E-state index in [1.54, 1.807) is 30.0 Å². The predicted octanol–water partition coefficient (Wildman–Crippen LogP) is 2.90. The largest absolute Gasteiger partial charge is 0.469 e. The van der Waals surface area contributed by atoms with Gasteiger partial charge in [-0.15, -0.1) is 0 Å². The number of aromatic amines is 1. The molecule has 0 bridgehead atoms. The summed E-state index contributed by atoms with van der Waals surface area (Å²) in [6.45, 7) is 2.12. The number of H-pyrrole nitrogens is 1. The Morgan fingerprint density at radius 2 is 2.22 bits per heavy atom. The van der Waals surface area contributed by atoms with E-state index in [-0.39, 0.29) is 28.7 Å². The number of ether oxygens (including phenoxy) is 1. The lowest BCUT2D eigenvalue weighted by Gasteiger charge is -2.25. The molecule has 1 amide bonds. The summed E-state index contributed by atoms with van der Waals surface area (Å²) in [5.74, 6) is -0.771. The normalized spacial score (nSPS) is 15.4. The summed E-state index contributed by atoms with van der Waals surface area (Å²) < 4.78 is 10.1. The molecule has 2 aromatic rings. The van der Waals surface area contributed by atoms with Gasteiger partial charge in [-0.1, -0.05) is 6.92 Å². The molecule has 23 heavy (non-hydrogen) atoms. The molecule has 1 aliphatic rings. The number of hydrogen-bond donors (Lipinski definition) is 1. The minimum absolute atomic E-state index is 0.104. The van der Waals surface area contributed by atoms with Gasteiger partial charge in [-0.25, -0.2) is 0 Å². The zero-order valence-electron chi connectivity index (χ0n) is 13.0. The first-order chi connectivity index (χ1) is 11.0. The molecule has 1 aromatic heterocycles. The van der Waals surface area contributed by atoms with Crippen LogP contribution in [0.15, 0.2) is 22.6 Å². The molecular weight excluding hydrogens is 316 g/mol. The number of esters is 1. The molecule has 0 saturated heterocycles. The summed E-state index contributed by atoms with van der Waals surface area (Å²) in [6, 6.07) is 5.39. The standard InChI is InChI=1S/C16H18N2O4S/c1-9(15(20)21-2)8-18(11-4-5-11)14(19)10-3-6-12-13(7-10)22-16(23)17-12/h3,6-7,9,11H,4-5,8H2,1-2H3,(H,17,23)/t9-/m0/s1. The number of carbonyl (C=O) groups excluding carboxylic acids is 2. The number of amides is 1. The van der Waals surface area contributed by atoms with Crippen molar-refractivity contribution in [3.63, 3.8) is 0 Å². The van der Waals surface area contributed by atoms with Crippen LogP contribution < -0.4 is 0 Å². The predicted molar refractivity (Wildman–Crippen MR) is 86.6 cm³/mol. The third kappa shape index (κ3) is 3.29. The molecule has 1 aromatic carbocycles. The van der Waals surface area contributed by atoms with Crippen LogP contribution in [0.4, 0.5) is 0 Å². The zero-order chi connectivity index (χ0) is 16.6. The Labute approximate surface area is 138 Å². The van der Waals surface area contributed by atoms with Crippen molar-refractivity contribution in [2.24, 2.45) is 5.92 Å². The van der Waals surface area contributed by atoms with Gasteiger partial charge in [0.2, 0.25) is 0 Å². The first kappa shape index (κ1) is 15.7. The van der Waals surface area contributed by atoms with Crippen LogP contribution in [0.3, 0.4) is 0 Å². The summed E-state index contributed by atoms with van der Waals surface area (Å²) in [4.78, 5) is 29.4. The van der Waals surface area contributed by atoms with E-state index in [2.05, 4.69) is 4.98 Å². The van der Waals surface area contributed by atoms with Gasteiger partial charge >= 0.3 is 5.97 Å². The Morgan fingerprint density at radius 1 is 1.48 bits per heavy atom. The molecular formula is C16H18N2O4S. The van der Waals surface area contributed by atoms with E-state index >= 15 is 0 Å². The highest BCUT2D eigenvalue weighted by Crippen LogP contribution is 2.29. The van der Waals surface area contributed by atoms with Gasteiger partial charge in [-0.05, 0) is 43.3 Å². The molecule has 1 aliphatic carbocycles. The summed E-state index contributed by atoms with van der Waals surface area (Å²) in [5, 5.41) is 0. The van der Waals surface area contributed by atoms with Gasteiger partial charge in [0.25, 0.3) is 10.7 Å². The van der Waals surface area contributed by atoms with Crippen LogP contribution in [0.1, 0.15) is 30.1 Å². The van der Waals surface area contributed by atoms with Crippen LogP contribution in [0, 0.1) is 10.8 Å². The van der Waals surface area contributed by atoms with Gasteiger partial charge in [-0.3, -0.25) is 9.59 Å². The molecule has 1 atom stereocenters. The lowest BCUT2D eigenvalue weighted by atomic mass is 10.1. The fourth-order valence-corrected chi connectivity index (χ4v) is 2.80. The summed E-state index contributed by atoms with van der Waals surface area (Å²) >= 11 is 4.96. The Kier molecular flexibility index (Phi) is 4.21. The maximum Gasteiger partial charge on any atom is 0.310 e. The monoisotopic (exact) mass is 334 g/mol. The maximum atomic E-state index is 12.8. The second kappa shape index (κ2) is 6.16. The van der Waals surface area contributed by atoms with E-state index in [0.717, 1.165) is 18.4 Å². The number of benzene rings is 1. The van der Waals surface area contributed by atoms with Crippen molar-refractivity contribution in [2.75, 3.05) is 13.7 Å². The van der Waals surface area contributed by atoms with Gasteiger partial charge in [0.15, 0.2) is 5.58 Å². The van der Waals surface area contributed by atoms with Crippen molar-refractivity contribution in [1.29, 1.82) is 0 Å². The lowest BCUT2D eigenvalue weighted by Crippen LogP contribution is -2.38. The molecule has 0 radical (unpaired) electrons. The fourth-order valence-electron chi connectivity index (χ4n) is 2.60. The average molecular weight is 334 g/mol. The highest BCUT2D eigenvalue weighted by molar-refractivity contribution is 7.71. The van der Waals surface area contributed by atoms with Gasteiger partial charge in [0, 0.05) is 18.2 Å². The van der Waals surface area contributed by atoms with E-state index in [9.17, 15) is 9.59 Å². The molecule has 1 saturated carbocycles. The average Bonchev–Trinajstić information content (AvgIpc) is 3.31. The quantitative estimate of drug-likeness (QED) is 0.672. The van der Waals surface area contributed by atoms with Crippen molar-refractivity contribution in [1.82, 2.24) is 9.88 Å². The molecule has 7 heteroatoms. The number of rotatable bonds is 5. The minimum Gasteiger partial charge on any atom is -0.469 e. The van der Waals surface area contributed by atoms with Gasteiger partial charge in [0.1, 0.15) is 0 Å². The topological polar surface area (TPSA) is 75.5 Å². The minimum atomic E-state index is -0.357. The maximum absolute atomic E-state index is 12.8. The lowest BCUT2D eigenvalue weighted by molar-refractivity contribution is -0.145. The molecule has 0 spiro atoms. The van der Waals surface area contributed by atoms with Crippen LogP contribution in [0.5, 0.6) is 0 Å². The van der Waals surface area contributed by atoms with Crippen LogP contribution in [-0.2, 0) is 9.53 Å². The van der Waals surface area contributed by atoms with Crippen molar-refractivity contribution in [2.45, 2.75) is 25.8 Å². The molecule has 3 rings (SSSR count). The number of aromatic nitrogens is 1. The molecule has 1 fully saturated rings. The number of hydrogen-bond acceptors (Lipinski definition) is 5. The number of carbonyl (C=O) groups is 2. The van der Waals surface area contributed by atoms with Gasteiger partial charge < -0.3 is 19.0 Å². The molecule has 0 aliphatic heterocycles. The van der Waals surface area contributed by atoms with Crippen LogP contribution in [0.25, 0.3) is 11.1 Å². The molecule has 1 N–H and O–H groups in total. The van der Waals surface area contributed by atoms with E-state index in [4.69, 9.17) is 21.4 Å².